The molecule has 0 atom stereocenters. The van der Waals surface area contributed by atoms with E-state index in [-0.39, 0.29) is 11.7 Å². The zero-order chi connectivity index (χ0) is 20.9. The highest BCUT2D eigenvalue weighted by Gasteiger charge is 2.20. The second-order valence-corrected chi connectivity index (χ2v) is 7.69. The maximum Gasteiger partial charge on any atom is 0.285 e. The van der Waals surface area contributed by atoms with E-state index in [1.54, 1.807) is 17.3 Å². The third-order valence-electron chi connectivity index (χ3n) is 5.07. The molecule has 0 amide bonds. The Morgan fingerprint density at radius 3 is 2.60 bits per heavy atom. The molecule has 158 valence electrons. The first kappa shape index (κ1) is 20.3. The van der Waals surface area contributed by atoms with E-state index in [1.807, 2.05) is 49.3 Å². The van der Waals surface area contributed by atoms with E-state index in [9.17, 15) is 4.79 Å². The molecule has 0 unspecified atom stereocenters. The molecule has 2 aromatic heterocycles. The van der Waals surface area contributed by atoms with Crippen molar-refractivity contribution in [3.8, 4) is 0 Å². The fourth-order valence-electron chi connectivity index (χ4n) is 3.45. The van der Waals surface area contributed by atoms with Gasteiger partial charge in [-0.1, -0.05) is 18.2 Å². The van der Waals surface area contributed by atoms with Crippen molar-refractivity contribution in [3.05, 3.63) is 59.0 Å². The predicted molar refractivity (Wildman–Crippen MR) is 116 cm³/mol. The van der Waals surface area contributed by atoms with Crippen LogP contribution in [-0.4, -0.2) is 52.9 Å². The van der Waals surface area contributed by atoms with Crippen molar-refractivity contribution in [2.75, 3.05) is 32.3 Å². The van der Waals surface area contributed by atoms with Crippen LogP contribution >= 0.6 is 0 Å². The number of fused-ring (bicyclic) bond motifs is 1. The normalized spacial score (nSPS) is 14.5. The summed E-state index contributed by atoms with van der Waals surface area (Å²) in [6.07, 6.45) is 5.86. The standard InChI is InChI=1S/C22H27N5O3/c1-25(2)14-15-29-26(18-8-4-3-5-9-18)22-23-16-17-12-13-20(28)27(21(17)24-22)30-19-10-6-7-11-19/h3-5,8-9,12-13,16,19H,6-7,10-11,14-15H2,1-2H3. The lowest BCUT2D eigenvalue weighted by Crippen LogP contribution is -2.33. The Kier molecular flexibility index (Phi) is 6.25. The highest BCUT2D eigenvalue weighted by atomic mass is 16.7. The van der Waals surface area contributed by atoms with Gasteiger partial charge in [0.25, 0.3) is 11.5 Å². The van der Waals surface area contributed by atoms with Gasteiger partial charge < -0.3 is 9.74 Å². The lowest BCUT2D eigenvalue weighted by atomic mass is 10.3. The van der Waals surface area contributed by atoms with Gasteiger partial charge in [0.2, 0.25) is 0 Å². The maximum atomic E-state index is 12.5. The molecule has 1 aliphatic rings. The average molecular weight is 409 g/mol. The van der Waals surface area contributed by atoms with Gasteiger partial charge in [-0.3, -0.25) is 9.63 Å². The van der Waals surface area contributed by atoms with Crippen LogP contribution < -0.4 is 15.5 Å². The van der Waals surface area contributed by atoms with Crippen molar-refractivity contribution in [3.63, 3.8) is 0 Å². The number of rotatable bonds is 8. The van der Waals surface area contributed by atoms with Crippen molar-refractivity contribution in [2.45, 2.75) is 31.8 Å². The highest BCUT2D eigenvalue weighted by Crippen LogP contribution is 2.24. The summed E-state index contributed by atoms with van der Waals surface area (Å²) < 4.78 is 1.31. The lowest BCUT2D eigenvalue weighted by molar-refractivity contribution is 0.0421. The van der Waals surface area contributed by atoms with Gasteiger partial charge >= 0.3 is 0 Å². The summed E-state index contributed by atoms with van der Waals surface area (Å²) >= 11 is 0. The van der Waals surface area contributed by atoms with Crippen molar-refractivity contribution in [2.24, 2.45) is 0 Å². The minimum Gasteiger partial charge on any atom is -0.405 e. The first-order valence-electron chi connectivity index (χ1n) is 10.3. The fraction of sp³-hybridized carbons (Fsp3) is 0.409. The van der Waals surface area contributed by atoms with Crippen LogP contribution in [0, 0.1) is 0 Å². The Hall–Kier alpha value is -2.97. The molecular weight excluding hydrogens is 382 g/mol. The van der Waals surface area contributed by atoms with Crippen molar-refractivity contribution >= 4 is 22.7 Å². The summed E-state index contributed by atoms with van der Waals surface area (Å²) in [5.74, 6) is 0.349. The van der Waals surface area contributed by atoms with E-state index in [4.69, 9.17) is 9.68 Å². The van der Waals surface area contributed by atoms with Crippen molar-refractivity contribution in [1.29, 1.82) is 0 Å². The zero-order valence-corrected chi connectivity index (χ0v) is 17.4. The molecule has 8 heteroatoms. The molecule has 0 N–H and O–H groups in total. The van der Waals surface area contributed by atoms with Gasteiger partial charge in [-0.05, 0) is 58.0 Å². The van der Waals surface area contributed by atoms with Gasteiger partial charge in [0.05, 0.1) is 12.3 Å². The van der Waals surface area contributed by atoms with Gasteiger partial charge in [-0.25, -0.2) is 4.98 Å². The van der Waals surface area contributed by atoms with Crippen LogP contribution in [0.3, 0.4) is 0 Å². The van der Waals surface area contributed by atoms with Crippen LogP contribution in [0.5, 0.6) is 0 Å². The van der Waals surface area contributed by atoms with Crippen molar-refractivity contribution in [1.82, 2.24) is 19.6 Å². The number of anilines is 2. The van der Waals surface area contributed by atoms with Crippen LogP contribution in [0.15, 0.2) is 53.5 Å². The molecule has 0 saturated heterocycles. The number of benzene rings is 1. The fourth-order valence-corrected chi connectivity index (χ4v) is 3.45. The molecule has 1 aromatic carbocycles. The van der Waals surface area contributed by atoms with Gasteiger partial charge in [-0.2, -0.15) is 10.0 Å². The molecule has 1 aliphatic carbocycles. The minimum atomic E-state index is -0.237. The molecule has 1 fully saturated rings. The molecule has 0 bridgehead atoms. The first-order valence-corrected chi connectivity index (χ1v) is 10.3. The largest absolute Gasteiger partial charge is 0.405 e. The molecule has 2 heterocycles. The molecular formula is C22H27N5O3. The number of aromatic nitrogens is 3. The third kappa shape index (κ3) is 4.60. The van der Waals surface area contributed by atoms with Gasteiger partial charge in [0.15, 0.2) is 5.65 Å². The minimum absolute atomic E-state index is 0.0354. The summed E-state index contributed by atoms with van der Waals surface area (Å²) in [4.78, 5) is 35.8. The SMILES string of the molecule is CN(C)CCON(c1ccccc1)c1ncc2ccc(=O)n(OC3CCCC3)c2n1. The smallest absolute Gasteiger partial charge is 0.285 e. The number of para-hydroxylation sites is 1. The Labute approximate surface area is 175 Å². The second-order valence-electron chi connectivity index (χ2n) is 7.69. The van der Waals surface area contributed by atoms with E-state index < -0.39 is 0 Å². The van der Waals surface area contributed by atoms with Gasteiger partial charge in [-0.15, -0.1) is 4.73 Å². The number of nitrogens with zero attached hydrogens (tertiary/aromatic N) is 5. The van der Waals surface area contributed by atoms with E-state index in [0.717, 1.165) is 43.3 Å². The van der Waals surface area contributed by atoms with Gasteiger partial charge in [0, 0.05) is 24.2 Å². The van der Waals surface area contributed by atoms with Crippen molar-refractivity contribution < 1.29 is 9.68 Å². The van der Waals surface area contributed by atoms with E-state index in [0.29, 0.717) is 18.2 Å². The highest BCUT2D eigenvalue weighted by molar-refractivity contribution is 5.75. The molecule has 0 spiro atoms. The molecule has 0 radical (unpaired) electrons. The molecule has 30 heavy (non-hydrogen) atoms. The Morgan fingerprint density at radius 2 is 1.87 bits per heavy atom. The summed E-state index contributed by atoms with van der Waals surface area (Å²) in [5, 5.41) is 2.33. The summed E-state index contributed by atoms with van der Waals surface area (Å²) in [6, 6.07) is 12.9. The maximum absolute atomic E-state index is 12.5. The van der Waals surface area contributed by atoms with Crippen LogP contribution in [0.2, 0.25) is 0 Å². The molecule has 1 saturated carbocycles. The summed E-state index contributed by atoms with van der Waals surface area (Å²) in [7, 11) is 3.98. The Balaban J connectivity index is 1.72. The molecule has 4 rings (SSSR count). The first-order chi connectivity index (χ1) is 14.6. The molecule has 3 aromatic rings. The zero-order valence-electron chi connectivity index (χ0n) is 17.4. The van der Waals surface area contributed by atoms with Gasteiger partial charge in [0.1, 0.15) is 6.10 Å². The summed E-state index contributed by atoms with van der Waals surface area (Å²) in [6.45, 7) is 1.20. The number of pyridine rings is 1. The Bertz CT molecular complexity index is 1030. The number of hydrogen-bond donors (Lipinski definition) is 0. The topological polar surface area (TPSA) is 72.7 Å². The van der Waals surface area contributed by atoms with Crippen LogP contribution in [0.1, 0.15) is 25.7 Å². The summed E-state index contributed by atoms with van der Waals surface area (Å²) in [5.41, 5.74) is 1.01. The van der Waals surface area contributed by atoms with E-state index in [1.165, 1.54) is 10.8 Å². The molecule has 0 aliphatic heterocycles. The van der Waals surface area contributed by atoms with Crippen LogP contribution in [0.25, 0.3) is 11.0 Å². The average Bonchev–Trinajstić information content (AvgIpc) is 3.27. The lowest BCUT2D eigenvalue weighted by Gasteiger charge is -2.23. The third-order valence-corrected chi connectivity index (χ3v) is 5.07. The predicted octanol–water partition coefficient (Wildman–Crippen LogP) is 2.79. The van der Waals surface area contributed by atoms with E-state index in [2.05, 4.69) is 9.97 Å². The Morgan fingerprint density at radius 1 is 1.10 bits per heavy atom. The van der Waals surface area contributed by atoms with E-state index >= 15 is 0 Å². The molecule has 8 nitrogen and oxygen atoms in total. The quantitative estimate of drug-likeness (QED) is 0.530. The second kappa shape index (κ2) is 9.23. The van der Waals surface area contributed by atoms with Crippen LogP contribution in [-0.2, 0) is 4.84 Å². The number of likely N-dealkylation sites (N-methyl/N-ethyl adjacent to an activating group) is 1. The monoisotopic (exact) mass is 409 g/mol. The van der Waals surface area contributed by atoms with Crippen LogP contribution in [0.4, 0.5) is 11.6 Å². The number of hydrogen-bond acceptors (Lipinski definition) is 7.